The van der Waals surface area contributed by atoms with Crippen LogP contribution in [0.25, 0.3) is 0 Å². The molecule has 6 nitrogen and oxygen atoms in total. The molecule has 0 aliphatic rings. The van der Waals surface area contributed by atoms with Gasteiger partial charge in [0.1, 0.15) is 5.75 Å². The summed E-state index contributed by atoms with van der Waals surface area (Å²) in [5, 5.41) is 8.83. The van der Waals surface area contributed by atoms with E-state index < -0.39 is 5.91 Å². The topological polar surface area (TPSA) is 79.5 Å². The van der Waals surface area contributed by atoms with Crippen LogP contribution in [0.3, 0.4) is 0 Å². The third kappa shape index (κ3) is 6.28. The van der Waals surface area contributed by atoms with Crippen molar-refractivity contribution in [2.75, 3.05) is 17.2 Å². The van der Waals surface area contributed by atoms with E-state index in [1.807, 2.05) is 6.92 Å². The highest BCUT2D eigenvalue weighted by molar-refractivity contribution is 7.80. The van der Waals surface area contributed by atoms with Gasteiger partial charge in [0.05, 0.1) is 17.9 Å². The zero-order chi connectivity index (χ0) is 22.2. The lowest BCUT2D eigenvalue weighted by molar-refractivity contribution is 0.0976. The Balaban J connectivity index is 1.67. The van der Waals surface area contributed by atoms with Crippen molar-refractivity contribution in [3.8, 4) is 5.75 Å². The van der Waals surface area contributed by atoms with Crippen LogP contribution in [0.15, 0.2) is 72.8 Å². The first kappa shape index (κ1) is 22.3. The van der Waals surface area contributed by atoms with Gasteiger partial charge in [-0.25, -0.2) is 0 Å². The van der Waals surface area contributed by atoms with E-state index in [2.05, 4.69) is 16.0 Å². The minimum Gasteiger partial charge on any atom is -0.494 e. The molecule has 0 aliphatic carbocycles. The van der Waals surface area contributed by atoms with E-state index in [1.165, 1.54) is 6.07 Å². The minimum absolute atomic E-state index is 0.0614. The quantitative estimate of drug-likeness (QED) is 0.451. The molecule has 8 heteroatoms. The third-order valence-corrected chi connectivity index (χ3v) is 4.60. The van der Waals surface area contributed by atoms with Crippen molar-refractivity contribution in [1.29, 1.82) is 0 Å². The Kier molecular flexibility index (Phi) is 7.59. The van der Waals surface area contributed by atoms with Gasteiger partial charge in [-0.1, -0.05) is 29.8 Å². The Morgan fingerprint density at radius 1 is 0.935 bits per heavy atom. The predicted octanol–water partition coefficient (Wildman–Crippen LogP) is 5.12. The molecule has 0 spiro atoms. The van der Waals surface area contributed by atoms with E-state index in [-0.39, 0.29) is 11.0 Å². The second-order valence-corrected chi connectivity index (χ2v) is 7.22. The van der Waals surface area contributed by atoms with Gasteiger partial charge in [0.25, 0.3) is 11.8 Å². The summed E-state index contributed by atoms with van der Waals surface area (Å²) in [6.45, 7) is 2.47. The molecule has 0 unspecified atom stereocenters. The number of ether oxygens (including phenoxy) is 1. The van der Waals surface area contributed by atoms with Crippen molar-refractivity contribution in [1.82, 2.24) is 5.32 Å². The van der Waals surface area contributed by atoms with E-state index >= 15 is 0 Å². The maximum absolute atomic E-state index is 12.8. The number of thiocarbonyl (C=S) groups is 1. The molecule has 0 aromatic heterocycles. The fourth-order valence-corrected chi connectivity index (χ4v) is 3.14. The molecule has 3 aromatic carbocycles. The van der Waals surface area contributed by atoms with Crippen LogP contribution >= 0.6 is 23.8 Å². The molecule has 31 heavy (non-hydrogen) atoms. The Morgan fingerprint density at radius 3 is 2.39 bits per heavy atom. The highest BCUT2D eigenvalue weighted by Gasteiger charge is 2.14. The average molecular weight is 454 g/mol. The van der Waals surface area contributed by atoms with Crippen LogP contribution < -0.4 is 20.7 Å². The molecule has 3 aromatic rings. The van der Waals surface area contributed by atoms with Gasteiger partial charge in [-0.2, -0.15) is 0 Å². The second kappa shape index (κ2) is 10.6. The summed E-state index contributed by atoms with van der Waals surface area (Å²) >= 11 is 11.2. The number of carbonyl (C=O) groups excluding carboxylic acids is 2. The first-order chi connectivity index (χ1) is 15.0. The number of amides is 2. The number of anilines is 2. The monoisotopic (exact) mass is 453 g/mol. The van der Waals surface area contributed by atoms with Gasteiger partial charge in [0.2, 0.25) is 0 Å². The standard InChI is InChI=1S/C23H20ClN3O3S/c1-2-30-18-12-10-17(11-13-18)25-22(29)19-8-3-4-9-20(19)26-23(31)27-21(28)15-6-5-7-16(24)14-15/h3-14H,2H2,1H3,(H,25,29)(H2,26,27,28,31). The van der Waals surface area contributed by atoms with Gasteiger partial charge in [0, 0.05) is 16.3 Å². The van der Waals surface area contributed by atoms with Crippen LogP contribution in [-0.2, 0) is 0 Å². The van der Waals surface area contributed by atoms with Crippen LogP contribution in [0.5, 0.6) is 5.75 Å². The van der Waals surface area contributed by atoms with Gasteiger partial charge < -0.3 is 15.4 Å². The molecule has 0 fully saturated rings. The number of halogens is 1. The number of hydrogen-bond acceptors (Lipinski definition) is 4. The molecule has 3 rings (SSSR count). The Hall–Kier alpha value is -3.42. The molecule has 0 aliphatic heterocycles. The van der Waals surface area contributed by atoms with Crippen molar-refractivity contribution in [3.05, 3.63) is 88.9 Å². The molecule has 0 saturated heterocycles. The summed E-state index contributed by atoms with van der Waals surface area (Å²) in [5.41, 5.74) is 1.83. The van der Waals surface area contributed by atoms with Gasteiger partial charge in [-0.15, -0.1) is 0 Å². The van der Waals surface area contributed by atoms with Crippen molar-refractivity contribution >= 4 is 52.1 Å². The fraction of sp³-hybridized carbons (Fsp3) is 0.0870. The van der Waals surface area contributed by atoms with Crippen molar-refractivity contribution < 1.29 is 14.3 Å². The second-order valence-electron chi connectivity index (χ2n) is 6.38. The van der Waals surface area contributed by atoms with Crippen LogP contribution in [0, 0.1) is 0 Å². The van der Waals surface area contributed by atoms with E-state index in [0.717, 1.165) is 5.75 Å². The number of hydrogen-bond donors (Lipinski definition) is 3. The van der Waals surface area contributed by atoms with Gasteiger partial charge in [-0.05, 0) is 73.7 Å². The number of nitrogens with one attached hydrogen (secondary N) is 3. The van der Waals surface area contributed by atoms with Crippen molar-refractivity contribution in [2.45, 2.75) is 6.92 Å². The summed E-state index contributed by atoms with van der Waals surface area (Å²) in [7, 11) is 0. The summed E-state index contributed by atoms with van der Waals surface area (Å²) in [6.07, 6.45) is 0. The van der Waals surface area contributed by atoms with Crippen LogP contribution in [0.2, 0.25) is 5.02 Å². The number of rotatable bonds is 6. The zero-order valence-electron chi connectivity index (χ0n) is 16.6. The number of carbonyl (C=O) groups is 2. The molecule has 0 saturated carbocycles. The highest BCUT2D eigenvalue weighted by atomic mass is 35.5. The predicted molar refractivity (Wildman–Crippen MR) is 127 cm³/mol. The lowest BCUT2D eigenvalue weighted by Crippen LogP contribution is -2.34. The molecule has 2 amide bonds. The van der Waals surface area contributed by atoms with Gasteiger partial charge >= 0.3 is 0 Å². The van der Waals surface area contributed by atoms with E-state index in [1.54, 1.807) is 66.7 Å². The molecule has 0 heterocycles. The summed E-state index contributed by atoms with van der Waals surface area (Å²) < 4.78 is 5.40. The molecular formula is C23H20ClN3O3S. The summed E-state index contributed by atoms with van der Waals surface area (Å²) in [6, 6.07) is 20.5. The average Bonchev–Trinajstić information content (AvgIpc) is 2.75. The first-order valence-electron chi connectivity index (χ1n) is 9.47. The van der Waals surface area contributed by atoms with Gasteiger partial charge in [0.15, 0.2) is 5.11 Å². The van der Waals surface area contributed by atoms with Crippen LogP contribution in [0.4, 0.5) is 11.4 Å². The fourth-order valence-electron chi connectivity index (χ4n) is 2.75. The SMILES string of the molecule is CCOc1ccc(NC(=O)c2ccccc2NC(=S)NC(=O)c2cccc(Cl)c2)cc1. The van der Waals surface area contributed by atoms with Crippen LogP contribution in [0.1, 0.15) is 27.6 Å². The third-order valence-electron chi connectivity index (χ3n) is 4.16. The number of benzene rings is 3. The first-order valence-corrected chi connectivity index (χ1v) is 10.3. The maximum atomic E-state index is 12.8. The van der Waals surface area contributed by atoms with E-state index in [0.29, 0.717) is 34.1 Å². The summed E-state index contributed by atoms with van der Waals surface area (Å²) in [4.78, 5) is 25.1. The van der Waals surface area contributed by atoms with Crippen molar-refractivity contribution in [2.24, 2.45) is 0 Å². The van der Waals surface area contributed by atoms with E-state index in [9.17, 15) is 9.59 Å². The Bertz CT molecular complexity index is 1100. The smallest absolute Gasteiger partial charge is 0.257 e. The molecule has 0 atom stereocenters. The lowest BCUT2D eigenvalue weighted by atomic mass is 10.1. The normalized spacial score (nSPS) is 10.1. The van der Waals surface area contributed by atoms with Crippen LogP contribution in [-0.4, -0.2) is 23.5 Å². The molecular weight excluding hydrogens is 434 g/mol. The zero-order valence-corrected chi connectivity index (χ0v) is 18.2. The Labute approximate surface area is 190 Å². The summed E-state index contributed by atoms with van der Waals surface area (Å²) in [5.74, 6) is -0.00379. The number of para-hydroxylation sites is 1. The highest BCUT2D eigenvalue weighted by Crippen LogP contribution is 2.20. The minimum atomic E-state index is -0.406. The maximum Gasteiger partial charge on any atom is 0.257 e. The lowest BCUT2D eigenvalue weighted by Gasteiger charge is -2.14. The van der Waals surface area contributed by atoms with E-state index in [4.69, 9.17) is 28.6 Å². The van der Waals surface area contributed by atoms with Gasteiger partial charge in [-0.3, -0.25) is 14.9 Å². The Morgan fingerprint density at radius 2 is 1.68 bits per heavy atom. The van der Waals surface area contributed by atoms with Crippen molar-refractivity contribution in [3.63, 3.8) is 0 Å². The molecule has 158 valence electrons. The molecule has 0 bridgehead atoms. The molecule has 3 N–H and O–H groups in total. The molecule has 0 radical (unpaired) electrons. The largest absolute Gasteiger partial charge is 0.494 e.